The van der Waals surface area contributed by atoms with Crippen LogP contribution in [0.1, 0.15) is 0 Å². The Morgan fingerprint density at radius 1 is 0.889 bits per heavy atom. The quantitative estimate of drug-likeness (QED) is 0.478. The number of para-hydroxylation sites is 1. The number of anilines is 2. The summed E-state index contributed by atoms with van der Waals surface area (Å²) >= 11 is 0. The highest BCUT2D eigenvalue weighted by Gasteiger charge is 2.07. The van der Waals surface area contributed by atoms with Crippen molar-refractivity contribution in [3.63, 3.8) is 0 Å². The van der Waals surface area contributed by atoms with Crippen LogP contribution < -0.4 is 15.4 Å². The van der Waals surface area contributed by atoms with Gasteiger partial charge in [-0.2, -0.15) is 0 Å². The molecule has 0 bridgehead atoms. The van der Waals surface area contributed by atoms with Gasteiger partial charge in [0.05, 0.1) is 11.5 Å². The van der Waals surface area contributed by atoms with Crippen molar-refractivity contribution in [2.45, 2.75) is 0 Å². The van der Waals surface area contributed by atoms with Crippen LogP contribution in [0.5, 0.6) is 11.5 Å². The Kier molecular flexibility index (Phi) is 5.64. The summed E-state index contributed by atoms with van der Waals surface area (Å²) in [6, 6.07) is 22.4. The molecule has 0 saturated heterocycles. The molecule has 7 nitrogen and oxygen atoms in total. The van der Waals surface area contributed by atoms with Gasteiger partial charge in [-0.05, 0) is 42.5 Å². The summed E-state index contributed by atoms with van der Waals surface area (Å²) in [6.07, 6.45) is 0. The van der Waals surface area contributed by atoms with Crippen LogP contribution in [0.25, 0.3) is 0 Å². The smallest absolute Gasteiger partial charge is 0.271 e. The molecule has 0 heterocycles. The van der Waals surface area contributed by atoms with Gasteiger partial charge in [-0.15, -0.1) is 0 Å². The normalized spacial score (nSPS) is 10.1. The van der Waals surface area contributed by atoms with E-state index < -0.39 is 4.92 Å². The van der Waals surface area contributed by atoms with Crippen LogP contribution >= 0.6 is 0 Å². The highest BCUT2D eigenvalue weighted by molar-refractivity contribution is 5.93. The minimum Gasteiger partial charge on any atom is -0.457 e. The molecule has 3 aromatic carbocycles. The van der Waals surface area contributed by atoms with Crippen molar-refractivity contribution in [1.29, 1.82) is 0 Å². The van der Waals surface area contributed by atoms with Gasteiger partial charge in [0.15, 0.2) is 0 Å². The van der Waals surface area contributed by atoms with Crippen LogP contribution in [0.4, 0.5) is 17.1 Å². The first-order chi connectivity index (χ1) is 13.1. The number of non-ortho nitro benzene ring substituents is 1. The van der Waals surface area contributed by atoms with E-state index in [1.54, 1.807) is 36.4 Å². The number of hydrogen-bond acceptors (Lipinski definition) is 5. The van der Waals surface area contributed by atoms with Crippen LogP contribution in [-0.2, 0) is 4.79 Å². The van der Waals surface area contributed by atoms with Gasteiger partial charge in [-0.25, -0.2) is 0 Å². The Hall–Kier alpha value is -3.87. The lowest BCUT2D eigenvalue weighted by molar-refractivity contribution is -0.384. The van der Waals surface area contributed by atoms with Gasteiger partial charge in [0, 0.05) is 23.5 Å². The minimum absolute atomic E-state index is 0.0105. The van der Waals surface area contributed by atoms with E-state index in [4.69, 9.17) is 4.74 Å². The van der Waals surface area contributed by atoms with Crippen molar-refractivity contribution in [2.75, 3.05) is 17.2 Å². The van der Waals surface area contributed by atoms with Crippen LogP contribution in [0, 0.1) is 10.1 Å². The predicted molar refractivity (Wildman–Crippen MR) is 103 cm³/mol. The number of benzene rings is 3. The topological polar surface area (TPSA) is 93.5 Å². The molecule has 0 aliphatic rings. The zero-order valence-corrected chi connectivity index (χ0v) is 14.3. The molecular weight excluding hydrogens is 346 g/mol. The SMILES string of the molecule is O=C(CNc1cccc([N+](=O)[O-])c1)Nc1ccc(Oc2ccccc2)cc1. The minimum atomic E-state index is -0.482. The Balaban J connectivity index is 1.52. The molecule has 0 atom stereocenters. The summed E-state index contributed by atoms with van der Waals surface area (Å²) < 4.78 is 5.69. The van der Waals surface area contributed by atoms with Crippen molar-refractivity contribution < 1.29 is 14.5 Å². The summed E-state index contributed by atoms with van der Waals surface area (Å²) in [4.78, 5) is 22.3. The largest absolute Gasteiger partial charge is 0.457 e. The van der Waals surface area contributed by atoms with Gasteiger partial charge >= 0.3 is 0 Å². The summed E-state index contributed by atoms with van der Waals surface area (Å²) in [5, 5.41) is 16.4. The number of nitro groups is 1. The average Bonchev–Trinajstić information content (AvgIpc) is 2.69. The van der Waals surface area contributed by atoms with Crippen molar-refractivity contribution in [2.24, 2.45) is 0 Å². The predicted octanol–water partition coefficient (Wildman–Crippen LogP) is 4.44. The first-order valence-corrected chi connectivity index (χ1v) is 8.21. The molecule has 1 amide bonds. The third kappa shape index (κ3) is 5.30. The van der Waals surface area contributed by atoms with Gasteiger partial charge in [0.1, 0.15) is 11.5 Å². The molecule has 3 rings (SSSR count). The van der Waals surface area contributed by atoms with Crippen LogP contribution in [-0.4, -0.2) is 17.4 Å². The Labute approximate surface area is 155 Å². The molecule has 3 aromatic rings. The molecule has 0 aromatic heterocycles. The maximum absolute atomic E-state index is 12.0. The van der Waals surface area contributed by atoms with Gasteiger partial charge in [0.2, 0.25) is 5.91 Å². The maximum Gasteiger partial charge on any atom is 0.271 e. The lowest BCUT2D eigenvalue weighted by Crippen LogP contribution is -2.21. The van der Waals surface area contributed by atoms with Gasteiger partial charge < -0.3 is 15.4 Å². The molecule has 136 valence electrons. The summed E-state index contributed by atoms with van der Waals surface area (Å²) in [5.74, 6) is 1.13. The zero-order chi connectivity index (χ0) is 19.1. The monoisotopic (exact) mass is 363 g/mol. The number of hydrogen-bond donors (Lipinski definition) is 2. The van der Waals surface area contributed by atoms with E-state index in [0.717, 1.165) is 5.75 Å². The first-order valence-electron chi connectivity index (χ1n) is 8.21. The lowest BCUT2D eigenvalue weighted by atomic mass is 10.2. The molecule has 0 spiro atoms. The van der Waals surface area contributed by atoms with Crippen molar-refractivity contribution in [1.82, 2.24) is 0 Å². The molecular formula is C20H17N3O4. The van der Waals surface area contributed by atoms with Crippen LogP contribution in [0.15, 0.2) is 78.9 Å². The van der Waals surface area contributed by atoms with E-state index in [2.05, 4.69) is 10.6 Å². The van der Waals surface area contributed by atoms with Gasteiger partial charge in [0.25, 0.3) is 5.69 Å². The summed E-state index contributed by atoms with van der Waals surface area (Å²) in [6.45, 7) is -0.0105. The third-order valence-corrected chi connectivity index (χ3v) is 3.63. The Morgan fingerprint density at radius 2 is 1.59 bits per heavy atom. The van der Waals surface area contributed by atoms with Crippen molar-refractivity contribution in [3.05, 3.63) is 89.0 Å². The highest BCUT2D eigenvalue weighted by atomic mass is 16.6. The zero-order valence-electron chi connectivity index (χ0n) is 14.3. The first kappa shape index (κ1) is 17.9. The fourth-order valence-corrected chi connectivity index (χ4v) is 2.35. The molecule has 0 fully saturated rings. The van der Waals surface area contributed by atoms with E-state index in [-0.39, 0.29) is 18.1 Å². The number of carbonyl (C=O) groups excluding carboxylic acids is 1. The van der Waals surface area contributed by atoms with Crippen LogP contribution in [0.3, 0.4) is 0 Å². The third-order valence-electron chi connectivity index (χ3n) is 3.63. The standard InChI is InChI=1S/C20H17N3O4/c24-20(14-21-16-5-4-6-17(13-16)23(25)26)22-15-9-11-19(12-10-15)27-18-7-2-1-3-8-18/h1-13,21H,14H2,(H,22,24). The molecule has 2 N–H and O–H groups in total. The van der Waals surface area contributed by atoms with Crippen molar-refractivity contribution >= 4 is 23.0 Å². The Morgan fingerprint density at radius 3 is 2.30 bits per heavy atom. The molecule has 27 heavy (non-hydrogen) atoms. The average molecular weight is 363 g/mol. The van der Waals surface area contributed by atoms with E-state index in [1.165, 1.54) is 12.1 Å². The van der Waals surface area contributed by atoms with E-state index in [0.29, 0.717) is 17.1 Å². The van der Waals surface area contributed by atoms with E-state index >= 15 is 0 Å². The number of nitrogens with one attached hydrogen (secondary N) is 2. The summed E-state index contributed by atoms with van der Waals surface area (Å²) in [7, 11) is 0. The Bertz CT molecular complexity index is 927. The number of rotatable bonds is 7. The number of nitrogens with zero attached hydrogens (tertiary/aromatic N) is 1. The van der Waals surface area contributed by atoms with Crippen molar-refractivity contribution in [3.8, 4) is 11.5 Å². The lowest BCUT2D eigenvalue weighted by Gasteiger charge is -2.09. The van der Waals surface area contributed by atoms with E-state index in [9.17, 15) is 14.9 Å². The number of ether oxygens (including phenoxy) is 1. The fourth-order valence-electron chi connectivity index (χ4n) is 2.35. The highest BCUT2D eigenvalue weighted by Crippen LogP contribution is 2.22. The second-order valence-corrected chi connectivity index (χ2v) is 5.65. The van der Waals surface area contributed by atoms with Gasteiger partial charge in [-0.3, -0.25) is 14.9 Å². The summed E-state index contributed by atoms with van der Waals surface area (Å²) in [5.41, 5.74) is 1.10. The molecule has 0 saturated carbocycles. The molecule has 7 heteroatoms. The molecule has 0 unspecified atom stereocenters. The molecule has 0 aliphatic carbocycles. The number of carbonyl (C=O) groups is 1. The fraction of sp³-hybridized carbons (Fsp3) is 0.0500. The molecule has 0 radical (unpaired) electrons. The van der Waals surface area contributed by atoms with Crippen LogP contribution in [0.2, 0.25) is 0 Å². The second-order valence-electron chi connectivity index (χ2n) is 5.65. The van der Waals surface area contributed by atoms with E-state index in [1.807, 2.05) is 30.3 Å². The number of nitro benzene ring substituents is 1. The maximum atomic E-state index is 12.0. The molecule has 0 aliphatic heterocycles. The number of amides is 1. The van der Waals surface area contributed by atoms with Gasteiger partial charge in [-0.1, -0.05) is 24.3 Å². The second kappa shape index (κ2) is 8.48.